The lowest BCUT2D eigenvalue weighted by molar-refractivity contribution is 0.0990. The molecule has 0 saturated heterocycles. The van der Waals surface area contributed by atoms with Crippen molar-refractivity contribution in [2.45, 2.75) is 32.2 Å². The number of carbonyl (C=O) groups excluding carboxylic acids is 1. The van der Waals surface area contributed by atoms with E-state index >= 15 is 0 Å². The quantitative estimate of drug-likeness (QED) is 0.896. The summed E-state index contributed by atoms with van der Waals surface area (Å²) < 4.78 is 1.76. The first kappa shape index (κ1) is 13.6. The van der Waals surface area contributed by atoms with Crippen LogP contribution in [0.3, 0.4) is 0 Å². The average molecular weight is 285 g/mol. The number of carbonyl (C=O) groups is 1. The molecule has 1 aromatic carbocycles. The number of aromatic nitrogens is 3. The molecule has 0 bridgehead atoms. The highest BCUT2D eigenvalue weighted by Crippen LogP contribution is 2.28. The molecule has 3 rings (SSSR count). The molecule has 2 heterocycles. The van der Waals surface area contributed by atoms with Crippen molar-refractivity contribution in [1.82, 2.24) is 14.8 Å². The Kier molecular flexibility index (Phi) is 3.60. The predicted octanol–water partition coefficient (Wildman–Crippen LogP) is 1.73. The molecule has 110 valence electrons. The highest BCUT2D eigenvalue weighted by molar-refractivity contribution is 5.89. The summed E-state index contributed by atoms with van der Waals surface area (Å²) in [6.45, 7) is 2.98. The number of rotatable bonds is 4. The fourth-order valence-electron chi connectivity index (χ4n) is 2.71. The topological polar surface area (TPSA) is 85.8 Å². The van der Waals surface area contributed by atoms with Gasteiger partial charge in [0, 0.05) is 6.54 Å². The normalized spacial score (nSPS) is 17.1. The molecule has 1 amide bonds. The van der Waals surface area contributed by atoms with E-state index in [9.17, 15) is 4.79 Å². The standard InChI is InChI=1S/C15H19N5O/c1-2-3-10-4-6-11(7-5-10)12-8-9-17-15-18-14(13(16)21)19-20(12)15/h4-7,12H,2-3,8-9H2,1H3,(H2,16,21)(H,17,18,19). The first-order valence-corrected chi connectivity index (χ1v) is 7.28. The predicted molar refractivity (Wildman–Crippen MR) is 80.2 cm³/mol. The van der Waals surface area contributed by atoms with Crippen molar-refractivity contribution in [3.8, 4) is 0 Å². The maximum atomic E-state index is 11.2. The van der Waals surface area contributed by atoms with Crippen molar-refractivity contribution in [1.29, 1.82) is 0 Å². The Morgan fingerprint density at radius 2 is 2.19 bits per heavy atom. The second-order valence-corrected chi connectivity index (χ2v) is 5.29. The fraction of sp³-hybridized carbons (Fsp3) is 0.400. The molecular weight excluding hydrogens is 266 g/mol. The minimum absolute atomic E-state index is 0.0620. The third kappa shape index (κ3) is 2.61. The smallest absolute Gasteiger partial charge is 0.288 e. The minimum atomic E-state index is -0.601. The number of aryl methyl sites for hydroxylation is 1. The number of benzene rings is 1. The summed E-state index contributed by atoms with van der Waals surface area (Å²) in [6, 6.07) is 8.68. The zero-order chi connectivity index (χ0) is 14.8. The van der Waals surface area contributed by atoms with Crippen molar-refractivity contribution >= 4 is 11.9 Å². The maximum Gasteiger partial charge on any atom is 0.288 e. The number of nitrogens with zero attached hydrogens (tertiary/aromatic N) is 3. The SMILES string of the molecule is CCCc1ccc(C2CCNc3nc(C(N)=O)nn32)cc1. The summed E-state index contributed by atoms with van der Waals surface area (Å²) in [4.78, 5) is 15.4. The van der Waals surface area contributed by atoms with Crippen LogP contribution in [-0.2, 0) is 6.42 Å². The van der Waals surface area contributed by atoms with Crippen LogP contribution in [0.25, 0.3) is 0 Å². The number of hydrogen-bond acceptors (Lipinski definition) is 4. The summed E-state index contributed by atoms with van der Waals surface area (Å²) in [5, 5.41) is 7.39. The lowest BCUT2D eigenvalue weighted by Gasteiger charge is -2.24. The summed E-state index contributed by atoms with van der Waals surface area (Å²) in [5.41, 5.74) is 7.78. The molecule has 1 aliphatic rings. The number of anilines is 1. The summed E-state index contributed by atoms with van der Waals surface area (Å²) in [7, 11) is 0. The van der Waals surface area contributed by atoms with Crippen LogP contribution >= 0.6 is 0 Å². The van der Waals surface area contributed by atoms with Crippen molar-refractivity contribution in [3.05, 3.63) is 41.2 Å². The highest BCUT2D eigenvalue weighted by atomic mass is 16.1. The number of amides is 1. The van der Waals surface area contributed by atoms with Crippen LogP contribution in [0.1, 0.15) is 47.6 Å². The Balaban J connectivity index is 1.92. The monoisotopic (exact) mass is 285 g/mol. The fourth-order valence-corrected chi connectivity index (χ4v) is 2.71. The van der Waals surface area contributed by atoms with Crippen LogP contribution in [0.2, 0.25) is 0 Å². The van der Waals surface area contributed by atoms with Gasteiger partial charge in [0.1, 0.15) is 0 Å². The molecule has 21 heavy (non-hydrogen) atoms. The molecule has 1 aromatic heterocycles. The van der Waals surface area contributed by atoms with Gasteiger partial charge in [0.25, 0.3) is 5.91 Å². The van der Waals surface area contributed by atoms with Gasteiger partial charge in [-0.1, -0.05) is 37.6 Å². The molecule has 6 nitrogen and oxygen atoms in total. The lowest BCUT2D eigenvalue weighted by Crippen LogP contribution is -2.24. The van der Waals surface area contributed by atoms with Gasteiger partial charge >= 0.3 is 0 Å². The van der Waals surface area contributed by atoms with E-state index in [1.165, 1.54) is 11.1 Å². The summed E-state index contributed by atoms with van der Waals surface area (Å²) in [6.07, 6.45) is 3.14. The van der Waals surface area contributed by atoms with E-state index < -0.39 is 5.91 Å². The zero-order valence-corrected chi connectivity index (χ0v) is 12.0. The Hall–Kier alpha value is -2.37. The molecule has 0 aliphatic carbocycles. The molecule has 0 spiro atoms. The zero-order valence-electron chi connectivity index (χ0n) is 12.0. The van der Waals surface area contributed by atoms with Crippen molar-refractivity contribution in [3.63, 3.8) is 0 Å². The third-order valence-corrected chi connectivity index (χ3v) is 3.75. The largest absolute Gasteiger partial charge is 0.363 e. The van der Waals surface area contributed by atoms with Gasteiger partial charge in [0.05, 0.1) is 6.04 Å². The van der Waals surface area contributed by atoms with Crippen LogP contribution in [0.4, 0.5) is 5.95 Å². The molecule has 2 aromatic rings. The lowest BCUT2D eigenvalue weighted by atomic mass is 10.00. The first-order chi connectivity index (χ1) is 10.2. The molecular formula is C15H19N5O. The Morgan fingerprint density at radius 1 is 1.43 bits per heavy atom. The first-order valence-electron chi connectivity index (χ1n) is 7.28. The third-order valence-electron chi connectivity index (χ3n) is 3.75. The number of hydrogen-bond donors (Lipinski definition) is 2. The van der Waals surface area contributed by atoms with Crippen LogP contribution in [-0.4, -0.2) is 27.2 Å². The van der Waals surface area contributed by atoms with Gasteiger partial charge in [-0.15, -0.1) is 5.10 Å². The van der Waals surface area contributed by atoms with Gasteiger partial charge < -0.3 is 11.1 Å². The average Bonchev–Trinajstić information content (AvgIpc) is 2.93. The van der Waals surface area contributed by atoms with Crippen LogP contribution in [0, 0.1) is 0 Å². The van der Waals surface area contributed by atoms with Crippen LogP contribution in [0.5, 0.6) is 0 Å². The number of nitrogens with two attached hydrogens (primary N) is 1. The van der Waals surface area contributed by atoms with E-state index in [4.69, 9.17) is 5.73 Å². The Bertz CT molecular complexity index is 647. The second kappa shape index (κ2) is 5.55. The van der Waals surface area contributed by atoms with Crippen molar-refractivity contribution in [2.75, 3.05) is 11.9 Å². The van der Waals surface area contributed by atoms with Gasteiger partial charge in [-0.2, -0.15) is 4.98 Å². The molecule has 1 aliphatic heterocycles. The molecule has 6 heteroatoms. The highest BCUT2D eigenvalue weighted by Gasteiger charge is 2.25. The van der Waals surface area contributed by atoms with Gasteiger partial charge in [-0.25, -0.2) is 4.68 Å². The van der Waals surface area contributed by atoms with E-state index in [2.05, 4.69) is 46.6 Å². The Labute approximate surface area is 123 Å². The van der Waals surface area contributed by atoms with Gasteiger partial charge in [0.2, 0.25) is 11.8 Å². The van der Waals surface area contributed by atoms with Crippen LogP contribution in [0.15, 0.2) is 24.3 Å². The molecule has 3 N–H and O–H groups in total. The molecule has 1 atom stereocenters. The van der Waals surface area contributed by atoms with E-state index in [-0.39, 0.29) is 11.9 Å². The second-order valence-electron chi connectivity index (χ2n) is 5.29. The van der Waals surface area contributed by atoms with E-state index in [1.54, 1.807) is 4.68 Å². The van der Waals surface area contributed by atoms with Crippen molar-refractivity contribution in [2.24, 2.45) is 5.73 Å². The van der Waals surface area contributed by atoms with Gasteiger partial charge in [0.15, 0.2) is 0 Å². The van der Waals surface area contributed by atoms with Crippen molar-refractivity contribution < 1.29 is 4.79 Å². The summed E-state index contributed by atoms with van der Waals surface area (Å²) in [5.74, 6) is 0.0698. The van der Waals surface area contributed by atoms with Gasteiger partial charge in [-0.05, 0) is 24.0 Å². The van der Waals surface area contributed by atoms with E-state index in [1.807, 2.05) is 0 Å². The Morgan fingerprint density at radius 3 is 2.86 bits per heavy atom. The van der Waals surface area contributed by atoms with E-state index in [0.29, 0.717) is 5.95 Å². The number of fused-ring (bicyclic) bond motifs is 1. The molecule has 0 saturated carbocycles. The summed E-state index contributed by atoms with van der Waals surface area (Å²) >= 11 is 0. The molecule has 1 unspecified atom stereocenters. The van der Waals surface area contributed by atoms with Crippen LogP contribution < -0.4 is 11.1 Å². The van der Waals surface area contributed by atoms with Gasteiger partial charge in [-0.3, -0.25) is 4.79 Å². The molecule has 0 fully saturated rings. The molecule has 0 radical (unpaired) electrons. The number of nitrogens with one attached hydrogen (secondary N) is 1. The maximum absolute atomic E-state index is 11.2. The number of primary amides is 1. The minimum Gasteiger partial charge on any atom is -0.363 e. The van der Waals surface area contributed by atoms with E-state index in [0.717, 1.165) is 25.8 Å².